The molecule has 0 aliphatic carbocycles. The lowest BCUT2D eigenvalue weighted by Gasteiger charge is -2.09. The quantitative estimate of drug-likeness (QED) is 0.181. The van der Waals surface area contributed by atoms with Crippen molar-refractivity contribution in [2.75, 3.05) is 5.43 Å². The van der Waals surface area contributed by atoms with Gasteiger partial charge in [-0.25, -0.2) is 20.4 Å². The van der Waals surface area contributed by atoms with Gasteiger partial charge in [0.25, 0.3) is 0 Å². The predicted molar refractivity (Wildman–Crippen MR) is 133 cm³/mol. The van der Waals surface area contributed by atoms with E-state index in [1.54, 1.807) is 12.3 Å². The number of rotatable bonds is 4. The molecule has 0 fully saturated rings. The number of nitrogens with one attached hydrogen (secondary N) is 1. The molecule has 0 saturated carbocycles. The molecular weight excluding hydrogens is 441 g/mol. The lowest BCUT2D eigenvalue weighted by Crippen LogP contribution is -2.00. The summed E-state index contributed by atoms with van der Waals surface area (Å²) in [6.45, 7) is 2.02. The van der Waals surface area contributed by atoms with Crippen molar-refractivity contribution in [3.63, 3.8) is 0 Å². The van der Waals surface area contributed by atoms with Gasteiger partial charge in [-0.1, -0.05) is 65.7 Å². The van der Waals surface area contributed by atoms with Gasteiger partial charge in [-0.15, -0.1) is 0 Å². The van der Waals surface area contributed by atoms with Crippen LogP contribution in [0.1, 0.15) is 11.1 Å². The Bertz CT molecular complexity index is 1480. The molecule has 0 saturated heterocycles. The Morgan fingerprint density at radius 2 is 1.69 bits per heavy atom. The fourth-order valence-corrected chi connectivity index (χ4v) is 3.85. The molecular formula is C25H17Cl2N5. The molecule has 0 bridgehead atoms. The highest BCUT2D eigenvalue weighted by Gasteiger charge is 2.10. The molecule has 0 spiro atoms. The summed E-state index contributed by atoms with van der Waals surface area (Å²) in [6, 6.07) is 23.4. The number of halogens is 2. The van der Waals surface area contributed by atoms with E-state index >= 15 is 0 Å². The normalized spacial score (nSPS) is 11.5. The number of hydrogen-bond donors (Lipinski definition) is 1. The van der Waals surface area contributed by atoms with Crippen LogP contribution in [0.5, 0.6) is 0 Å². The van der Waals surface area contributed by atoms with Gasteiger partial charge < -0.3 is 0 Å². The van der Waals surface area contributed by atoms with Crippen LogP contribution in [-0.2, 0) is 0 Å². The Kier molecular flexibility index (Phi) is 5.43. The van der Waals surface area contributed by atoms with Gasteiger partial charge in [-0.2, -0.15) is 5.10 Å². The molecule has 7 heteroatoms. The Balaban J connectivity index is 1.50. The summed E-state index contributed by atoms with van der Waals surface area (Å²) in [5.74, 6) is 0.371. The third-order valence-electron chi connectivity index (χ3n) is 5.03. The molecule has 5 nitrogen and oxygen atoms in total. The van der Waals surface area contributed by atoms with Crippen molar-refractivity contribution in [1.82, 2.24) is 15.0 Å². The minimum Gasteiger partial charge on any atom is -0.245 e. The van der Waals surface area contributed by atoms with E-state index < -0.39 is 0 Å². The number of pyridine rings is 1. The molecule has 0 radical (unpaired) electrons. The number of anilines is 1. The van der Waals surface area contributed by atoms with Gasteiger partial charge >= 0.3 is 0 Å². The number of nitrogens with zero attached hydrogens (tertiary/aromatic N) is 4. The Hall–Kier alpha value is -3.54. The average molecular weight is 458 g/mol. The summed E-state index contributed by atoms with van der Waals surface area (Å²) < 4.78 is 0. The fraction of sp³-hybridized carbons (Fsp3) is 0.0400. The fourth-order valence-electron chi connectivity index (χ4n) is 3.49. The number of hydrazone groups is 1. The van der Waals surface area contributed by atoms with E-state index in [1.165, 1.54) is 0 Å². The number of aromatic nitrogens is 3. The molecule has 0 aliphatic heterocycles. The zero-order valence-electron chi connectivity index (χ0n) is 17.1. The van der Waals surface area contributed by atoms with Crippen LogP contribution in [-0.4, -0.2) is 21.2 Å². The lowest BCUT2D eigenvalue weighted by molar-refractivity contribution is 1.16. The minimum absolute atomic E-state index is 0.371. The molecule has 0 aliphatic rings. The largest absolute Gasteiger partial charge is 0.245 e. The maximum absolute atomic E-state index is 6.36. The van der Waals surface area contributed by atoms with Crippen LogP contribution in [0.4, 0.5) is 5.95 Å². The number of hydrogen-bond acceptors (Lipinski definition) is 5. The first-order valence-electron chi connectivity index (χ1n) is 9.95. The summed E-state index contributed by atoms with van der Waals surface area (Å²) in [4.78, 5) is 13.7. The van der Waals surface area contributed by atoms with Gasteiger partial charge in [-0.3, -0.25) is 0 Å². The molecule has 1 N–H and O–H groups in total. The second-order valence-corrected chi connectivity index (χ2v) is 8.15. The molecule has 3 aromatic carbocycles. The zero-order valence-corrected chi connectivity index (χ0v) is 18.6. The van der Waals surface area contributed by atoms with E-state index in [0.29, 0.717) is 21.7 Å². The lowest BCUT2D eigenvalue weighted by atomic mass is 10.1. The summed E-state index contributed by atoms with van der Waals surface area (Å²) in [7, 11) is 0. The van der Waals surface area contributed by atoms with Crippen molar-refractivity contribution in [3.05, 3.63) is 94.1 Å². The molecule has 2 heterocycles. The van der Waals surface area contributed by atoms with Gasteiger partial charge in [-0.05, 0) is 42.8 Å². The first-order chi connectivity index (χ1) is 15.6. The average Bonchev–Trinajstić information content (AvgIpc) is 2.80. The highest BCUT2D eigenvalue weighted by atomic mass is 35.5. The van der Waals surface area contributed by atoms with Gasteiger partial charge in [0.15, 0.2) is 0 Å². The smallest absolute Gasteiger partial charge is 0.244 e. The van der Waals surface area contributed by atoms with E-state index in [1.807, 2.05) is 73.7 Å². The number of fused-ring (bicyclic) bond motifs is 2. The van der Waals surface area contributed by atoms with Crippen molar-refractivity contribution in [1.29, 1.82) is 0 Å². The van der Waals surface area contributed by atoms with Gasteiger partial charge in [0.1, 0.15) is 5.15 Å². The first kappa shape index (κ1) is 20.4. The van der Waals surface area contributed by atoms with Crippen LogP contribution in [0, 0.1) is 6.92 Å². The molecule has 0 amide bonds. The maximum Gasteiger partial charge on any atom is 0.244 e. The van der Waals surface area contributed by atoms with E-state index in [9.17, 15) is 0 Å². The van der Waals surface area contributed by atoms with Crippen LogP contribution in [0.2, 0.25) is 10.2 Å². The summed E-state index contributed by atoms with van der Waals surface area (Å²) in [5.41, 5.74) is 8.11. The Labute approximate surface area is 194 Å². The molecule has 5 rings (SSSR count). The summed E-state index contributed by atoms with van der Waals surface area (Å²) in [6.07, 6.45) is 1.62. The van der Waals surface area contributed by atoms with E-state index in [-0.39, 0.29) is 0 Å². The molecule has 32 heavy (non-hydrogen) atoms. The predicted octanol–water partition coefficient (Wildman–Crippen LogP) is 6.91. The van der Waals surface area contributed by atoms with Crippen LogP contribution in [0.25, 0.3) is 33.1 Å². The van der Waals surface area contributed by atoms with Crippen LogP contribution in [0.15, 0.2) is 77.9 Å². The van der Waals surface area contributed by atoms with Crippen molar-refractivity contribution in [2.24, 2.45) is 5.10 Å². The van der Waals surface area contributed by atoms with Crippen LogP contribution >= 0.6 is 23.2 Å². The highest BCUT2D eigenvalue weighted by Crippen LogP contribution is 2.29. The van der Waals surface area contributed by atoms with Crippen molar-refractivity contribution in [3.8, 4) is 11.3 Å². The molecule has 0 atom stereocenters. The van der Waals surface area contributed by atoms with Crippen LogP contribution < -0.4 is 5.43 Å². The second-order valence-electron chi connectivity index (χ2n) is 7.36. The minimum atomic E-state index is 0.371. The molecule has 0 unspecified atom stereocenters. The highest BCUT2D eigenvalue weighted by molar-refractivity contribution is 6.32. The van der Waals surface area contributed by atoms with E-state index in [4.69, 9.17) is 23.2 Å². The maximum atomic E-state index is 6.36. The third kappa shape index (κ3) is 4.13. The monoisotopic (exact) mass is 457 g/mol. The van der Waals surface area contributed by atoms with E-state index in [2.05, 4.69) is 25.5 Å². The topological polar surface area (TPSA) is 63.1 Å². The van der Waals surface area contributed by atoms with Crippen molar-refractivity contribution < 1.29 is 0 Å². The number of benzene rings is 3. The molecule has 2 aromatic heterocycles. The summed E-state index contributed by atoms with van der Waals surface area (Å²) in [5, 5.41) is 7.18. The van der Waals surface area contributed by atoms with E-state index in [0.717, 1.165) is 38.6 Å². The second kappa shape index (κ2) is 8.54. The third-order valence-corrected chi connectivity index (χ3v) is 5.56. The number of aryl methyl sites for hydroxylation is 1. The standard InChI is InChI=1S/C25H17Cl2N5/c1-15-7-8-17-12-18(24(27)29-22(17)11-15)14-28-32-25-30-21-10-9-19(26)13-20(21)23(31-25)16-5-3-2-4-6-16/h2-14H,1H3,(H,30,31,32)/b28-14-. The molecule has 156 valence electrons. The Morgan fingerprint density at radius 1 is 0.844 bits per heavy atom. The summed E-state index contributed by atoms with van der Waals surface area (Å²) >= 11 is 12.6. The molecule has 5 aromatic rings. The first-order valence-corrected chi connectivity index (χ1v) is 10.7. The van der Waals surface area contributed by atoms with Crippen molar-refractivity contribution in [2.45, 2.75) is 6.92 Å². The van der Waals surface area contributed by atoms with Gasteiger partial charge in [0.05, 0.1) is 22.9 Å². The SMILES string of the molecule is Cc1ccc2cc(/C=N\Nc3nc(-c4ccccc4)c4cc(Cl)ccc4n3)c(Cl)nc2c1. The Morgan fingerprint density at radius 3 is 2.53 bits per heavy atom. The van der Waals surface area contributed by atoms with Gasteiger partial charge in [0, 0.05) is 26.9 Å². The van der Waals surface area contributed by atoms with Gasteiger partial charge in [0.2, 0.25) is 5.95 Å². The van der Waals surface area contributed by atoms with Crippen molar-refractivity contribution >= 4 is 57.2 Å². The van der Waals surface area contributed by atoms with Crippen LogP contribution in [0.3, 0.4) is 0 Å². The zero-order chi connectivity index (χ0) is 22.1.